The van der Waals surface area contributed by atoms with Crippen LogP contribution in [0.5, 0.6) is 0 Å². The minimum Gasteiger partial charge on any atom is -0.381 e. The lowest BCUT2D eigenvalue weighted by atomic mass is 9.86. The van der Waals surface area contributed by atoms with Crippen molar-refractivity contribution in [2.24, 2.45) is 13.0 Å². The van der Waals surface area contributed by atoms with E-state index in [0.29, 0.717) is 60.5 Å². The van der Waals surface area contributed by atoms with E-state index in [4.69, 9.17) is 9.72 Å². The maximum atomic E-state index is 16.0. The van der Waals surface area contributed by atoms with Crippen LogP contribution in [-0.4, -0.2) is 73.1 Å². The third kappa shape index (κ3) is 4.90. The van der Waals surface area contributed by atoms with Crippen molar-refractivity contribution >= 4 is 47.5 Å². The van der Waals surface area contributed by atoms with Crippen LogP contribution in [-0.2, 0) is 31.6 Å². The summed E-state index contributed by atoms with van der Waals surface area (Å²) in [6.45, 7) is 2.70. The van der Waals surface area contributed by atoms with Gasteiger partial charge in [-0.25, -0.2) is 25.9 Å². The van der Waals surface area contributed by atoms with Crippen LogP contribution in [0.1, 0.15) is 37.9 Å². The van der Waals surface area contributed by atoms with Gasteiger partial charge in [0.15, 0.2) is 9.84 Å². The summed E-state index contributed by atoms with van der Waals surface area (Å²) in [7, 11) is -5.93. The Morgan fingerprint density at radius 2 is 1.91 bits per heavy atom. The van der Waals surface area contributed by atoms with E-state index in [9.17, 15) is 18.2 Å². The molecule has 14 heteroatoms. The monoisotopic (exact) mass is 653 g/mol. The molecule has 236 valence electrons. The lowest BCUT2D eigenvalue weighted by Gasteiger charge is -2.33. The fraction of sp³-hybridized carbons (Fsp3) is 0.387. The highest BCUT2D eigenvalue weighted by Gasteiger charge is 2.37. The van der Waals surface area contributed by atoms with E-state index in [0.717, 1.165) is 6.26 Å². The van der Waals surface area contributed by atoms with Crippen LogP contribution < -0.4 is 4.31 Å². The molecule has 2 saturated heterocycles. The first-order chi connectivity index (χ1) is 21.8. The minimum absolute atomic E-state index is 0.0506. The van der Waals surface area contributed by atoms with Gasteiger partial charge in [0.05, 0.1) is 57.0 Å². The van der Waals surface area contributed by atoms with Gasteiger partial charge >= 0.3 is 0 Å². The highest BCUT2D eigenvalue weighted by Crippen LogP contribution is 2.47. The zero-order chi connectivity index (χ0) is 32.6. The van der Waals surface area contributed by atoms with Gasteiger partial charge in [0, 0.05) is 50.4 Å². The molecule has 2 aromatic carbocycles. The van der Waals surface area contributed by atoms with Gasteiger partial charge in [0.25, 0.3) is 0 Å². The number of aromatic nitrogens is 5. The molecule has 0 N–H and O–H groups in total. The number of nitrogens with zero attached hydrogens (tertiary/aromatic N) is 6. The summed E-state index contributed by atoms with van der Waals surface area (Å²) in [6.07, 6.45) is 3.90. The molecule has 5 aromatic rings. The SMILES string of the molecule is [2H][C@@](c1ccccc1F)(C1CCOCC1)n1c2cc(-c3c(C)nnn3C)cnc2c2c(N3CCCS3(=O)=O)ccc(S(C)(=O)=O)c21. The number of sulfone groups is 1. The van der Waals surface area contributed by atoms with Crippen LogP contribution in [0.25, 0.3) is 33.2 Å². The third-order valence-electron chi connectivity index (χ3n) is 8.72. The third-order valence-corrected chi connectivity index (χ3v) is 11.7. The van der Waals surface area contributed by atoms with Crippen molar-refractivity contribution in [3.05, 3.63) is 65.7 Å². The number of benzene rings is 2. The molecule has 1 atom stereocenters. The van der Waals surface area contributed by atoms with Crippen LogP contribution >= 0.6 is 0 Å². The Hall–Kier alpha value is -3.88. The second-order valence-electron chi connectivity index (χ2n) is 11.6. The molecule has 0 amide bonds. The highest BCUT2D eigenvalue weighted by atomic mass is 32.2. The summed E-state index contributed by atoms with van der Waals surface area (Å²) in [6, 6.07) is 8.82. The topological polar surface area (TPSA) is 129 Å². The van der Waals surface area contributed by atoms with Gasteiger partial charge < -0.3 is 9.30 Å². The molecule has 2 aliphatic heterocycles. The number of sulfonamides is 1. The van der Waals surface area contributed by atoms with Gasteiger partial charge in [-0.3, -0.25) is 9.29 Å². The maximum absolute atomic E-state index is 16.0. The number of aryl methyl sites for hydroxylation is 2. The lowest BCUT2D eigenvalue weighted by Crippen LogP contribution is -2.28. The van der Waals surface area contributed by atoms with Crippen LogP contribution in [0, 0.1) is 18.7 Å². The molecule has 11 nitrogen and oxygen atoms in total. The summed E-state index contributed by atoms with van der Waals surface area (Å²) in [5.74, 6) is -1.17. The van der Waals surface area contributed by atoms with Crippen molar-refractivity contribution in [3.63, 3.8) is 0 Å². The number of pyridine rings is 1. The predicted molar refractivity (Wildman–Crippen MR) is 169 cm³/mol. The molecule has 0 radical (unpaired) electrons. The Balaban J connectivity index is 1.72. The fourth-order valence-electron chi connectivity index (χ4n) is 6.77. The summed E-state index contributed by atoms with van der Waals surface area (Å²) < 4.78 is 90.2. The number of rotatable bonds is 6. The largest absolute Gasteiger partial charge is 0.381 e. The van der Waals surface area contributed by atoms with E-state index in [1.165, 1.54) is 22.5 Å². The van der Waals surface area contributed by atoms with E-state index in [1.807, 2.05) is 0 Å². The summed E-state index contributed by atoms with van der Waals surface area (Å²) >= 11 is 0. The van der Waals surface area contributed by atoms with Crippen molar-refractivity contribution in [2.75, 3.05) is 36.1 Å². The summed E-state index contributed by atoms with van der Waals surface area (Å²) in [4.78, 5) is 4.73. The quantitative estimate of drug-likeness (QED) is 0.264. The van der Waals surface area contributed by atoms with Crippen molar-refractivity contribution in [1.82, 2.24) is 24.5 Å². The zero-order valence-corrected chi connectivity index (χ0v) is 26.7. The van der Waals surface area contributed by atoms with Gasteiger partial charge in [-0.2, -0.15) is 0 Å². The number of halogens is 1. The molecule has 3 aromatic heterocycles. The number of hydrogen-bond acceptors (Lipinski definition) is 8. The Kier molecular flexibility index (Phi) is 6.91. The second kappa shape index (κ2) is 10.9. The van der Waals surface area contributed by atoms with E-state index in [-0.39, 0.29) is 39.3 Å². The first kappa shape index (κ1) is 28.6. The average molecular weight is 654 g/mol. The van der Waals surface area contributed by atoms with Gasteiger partial charge in [0.2, 0.25) is 10.0 Å². The Morgan fingerprint density at radius 1 is 1.16 bits per heavy atom. The highest BCUT2D eigenvalue weighted by molar-refractivity contribution is 7.93. The van der Waals surface area contributed by atoms with E-state index < -0.39 is 37.6 Å². The Labute approximate surface area is 262 Å². The average Bonchev–Trinajstić information content (AvgIpc) is 3.67. The fourth-order valence-corrected chi connectivity index (χ4v) is 9.20. The smallest absolute Gasteiger partial charge is 0.235 e. The zero-order valence-electron chi connectivity index (χ0n) is 26.1. The molecule has 7 rings (SSSR count). The molecular formula is C31H33FN6O5S2. The van der Waals surface area contributed by atoms with Gasteiger partial charge in [-0.1, -0.05) is 23.4 Å². The second-order valence-corrected chi connectivity index (χ2v) is 15.6. The van der Waals surface area contributed by atoms with Gasteiger partial charge in [-0.15, -0.1) is 5.10 Å². The van der Waals surface area contributed by atoms with Gasteiger partial charge in [0.1, 0.15) is 5.82 Å². The minimum atomic E-state index is -3.96. The normalized spacial score (nSPS) is 19.3. The molecule has 2 aliphatic rings. The molecule has 0 saturated carbocycles. The van der Waals surface area contributed by atoms with Crippen molar-refractivity contribution in [3.8, 4) is 11.3 Å². The van der Waals surface area contributed by atoms with Crippen LogP contribution in [0.2, 0.25) is 0 Å². The van der Waals surface area contributed by atoms with Crippen LogP contribution in [0.3, 0.4) is 0 Å². The first-order valence-corrected chi connectivity index (χ1v) is 18.2. The van der Waals surface area contributed by atoms with Crippen molar-refractivity contribution in [1.29, 1.82) is 0 Å². The van der Waals surface area contributed by atoms with E-state index in [2.05, 4.69) is 10.3 Å². The number of anilines is 1. The van der Waals surface area contributed by atoms with Crippen molar-refractivity contribution < 1.29 is 27.3 Å². The summed E-state index contributed by atoms with van der Waals surface area (Å²) in [5, 5.41) is 8.57. The summed E-state index contributed by atoms with van der Waals surface area (Å²) in [5.41, 5.74) is 2.97. The maximum Gasteiger partial charge on any atom is 0.235 e. The first-order valence-electron chi connectivity index (χ1n) is 15.2. The molecule has 0 unspecified atom stereocenters. The van der Waals surface area contributed by atoms with E-state index >= 15 is 4.39 Å². The van der Waals surface area contributed by atoms with Crippen LogP contribution in [0.15, 0.2) is 53.6 Å². The Morgan fingerprint density at radius 3 is 2.56 bits per heavy atom. The molecule has 0 spiro atoms. The standard InChI is InChI=1S/C31H33FN6O5S2/c1-19-29(36(2)35-34-19)21-17-25-28(33-18-21)27-24(37-13-6-16-45(37,41)42)9-10-26(44(3,39)40)31(27)38(25)30(20-11-14-43-15-12-20)22-7-4-5-8-23(22)32/h4-5,7-10,17-18,20,30H,6,11-16H2,1-3H3/t30-/m0/s1/i30D. The molecule has 45 heavy (non-hydrogen) atoms. The number of ether oxygens (including phenoxy) is 1. The molecule has 5 heterocycles. The molecule has 0 aliphatic carbocycles. The lowest BCUT2D eigenvalue weighted by molar-refractivity contribution is 0.0548. The predicted octanol–water partition coefficient (Wildman–Crippen LogP) is 4.39. The van der Waals surface area contributed by atoms with Gasteiger partial charge in [-0.05, 0) is 56.4 Å². The van der Waals surface area contributed by atoms with Crippen molar-refractivity contribution in [2.45, 2.75) is 37.1 Å². The number of fused-ring (bicyclic) bond motifs is 3. The molecule has 2 fully saturated rings. The Bertz CT molecular complexity index is 2230. The number of hydrogen-bond donors (Lipinski definition) is 0. The molecular weight excluding hydrogens is 620 g/mol. The molecule has 0 bridgehead atoms. The van der Waals surface area contributed by atoms with Crippen LogP contribution in [0.4, 0.5) is 10.1 Å². The van der Waals surface area contributed by atoms with E-state index in [1.54, 1.807) is 53.7 Å².